The first-order valence-corrected chi connectivity index (χ1v) is 6.97. The molecule has 1 rings (SSSR count). The minimum Gasteiger partial charge on any atom is -0.476 e. The third-order valence-corrected chi connectivity index (χ3v) is 2.94. The lowest BCUT2D eigenvalue weighted by atomic mass is 10.1. The fourth-order valence-electron chi connectivity index (χ4n) is 1.56. The summed E-state index contributed by atoms with van der Waals surface area (Å²) in [4.78, 5) is 3.88. The van der Waals surface area contributed by atoms with Crippen LogP contribution in [0.2, 0.25) is 0 Å². The Morgan fingerprint density at radius 1 is 1.24 bits per heavy atom. The molecule has 0 saturated carbocycles. The van der Waals surface area contributed by atoms with Gasteiger partial charge in [0.1, 0.15) is 0 Å². The van der Waals surface area contributed by atoms with E-state index in [4.69, 9.17) is 4.74 Å². The summed E-state index contributed by atoms with van der Waals surface area (Å²) in [6, 6.07) is 1.36. The number of nitrogens with zero attached hydrogens (tertiary/aromatic N) is 1. The molecule has 0 aliphatic carbocycles. The van der Waals surface area contributed by atoms with Crippen LogP contribution in [0, 0.1) is 5.82 Å². The van der Waals surface area contributed by atoms with Gasteiger partial charge in [0.25, 0.3) is 0 Å². The summed E-state index contributed by atoms with van der Waals surface area (Å²) in [5.74, 6) is -0.313. The highest BCUT2D eigenvalue weighted by molar-refractivity contribution is 9.10. The van der Waals surface area contributed by atoms with Gasteiger partial charge in [-0.25, -0.2) is 9.37 Å². The Kier molecular flexibility index (Phi) is 7.17. The monoisotopic (exact) mass is 303 g/mol. The van der Waals surface area contributed by atoms with Crippen LogP contribution in [0.25, 0.3) is 0 Å². The number of unbranched alkanes of at least 4 members (excludes halogenated alkanes) is 5. The van der Waals surface area contributed by atoms with Crippen LogP contribution in [0.3, 0.4) is 0 Å². The molecule has 0 N–H and O–H groups in total. The molecule has 0 fully saturated rings. The van der Waals surface area contributed by atoms with Gasteiger partial charge >= 0.3 is 0 Å². The molecule has 0 atom stereocenters. The minimum absolute atomic E-state index is 0.0989. The first-order chi connectivity index (χ1) is 8.24. The molecule has 0 spiro atoms. The Hall–Kier alpha value is -0.640. The minimum atomic E-state index is -0.412. The molecular weight excluding hydrogens is 285 g/mol. The number of rotatable bonds is 8. The second kappa shape index (κ2) is 8.45. The van der Waals surface area contributed by atoms with Gasteiger partial charge in [0, 0.05) is 10.7 Å². The van der Waals surface area contributed by atoms with Crippen LogP contribution in [-0.4, -0.2) is 11.6 Å². The number of aromatic nitrogens is 1. The average molecular weight is 304 g/mol. The number of hydrogen-bond acceptors (Lipinski definition) is 2. The Morgan fingerprint density at radius 2 is 1.94 bits per heavy atom. The summed E-state index contributed by atoms with van der Waals surface area (Å²) in [5, 5.41) is 0. The van der Waals surface area contributed by atoms with Crippen molar-refractivity contribution >= 4 is 15.9 Å². The molecule has 1 aromatic heterocycles. The van der Waals surface area contributed by atoms with Crippen LogP contribution in [0.5, 0.6) is 5.88 Å². The maximum atomic E-state index is 13.3. The van der Waals surface area contributed by atoms with Crippen molar-refractivity contribution in [2.24, 2.45) is 0 Å². The third-order valence-electron chi connectivity index (χ3n) is 2.51. The van der Waals surface area contributed by atoms with E-state index in [1.165, 1.54) is 31.7 Å². The highest BCUT2D eigenvalue weighted by Crippen LogP contribution is 2.18. The number of hydrogen-bond donors (Lipinski definition) is 0. The highest BCUT2D eigenvalue weighted by atomic mass is 79.9. The fourth-order valence-corrected chi connectivity index (χ4v) is 1.86. The summed E-state index contributed by atoms with van der Waals surface area (Å²) < 4.78 is 19.2. The van der Waals surface area contributed by atoms with Crippen LogP contribution in [0.15, 0.2) is 16.7 Å². The van der Waals surface area contributed by atoms with Crippen LogP contribution < -0.4 is 4.74 Å². The lowest BCUT2D eigenvalue weighted by Gasteiger charge is -2.06. The van der Waals surface area contributed by atoms with Gasteiger partial charge in [-0.05, 0) is 28.4 Å². The van der Waals surface area contributed by atoms with Crippen molar-refractivity contribution in [2.45, 2.75) is 45.4 Å². The Labute approximate surface area is 111 Å². The van der Waals surface area contributed by atoms with E-state index in [0.29, 0.717) is 11.1 Å². The quantitative estimate of drug-likeness (QED) is 0.648. The molecule has 0 saturated heterocycles. The molecule has 0 aromatic carbocycles. The molecule has 0 radical (unpaired) electrons. The predicted octanol–water partition coefficient (Wildman–Crippen LogP) is 4.72. The SMILES string of the molecule is CCCCCCCCOc1ncc(Br)cc1F. The van der Waals surface area contributed by atoms with E-state index in [0.717, 1.165) is 12.8 Å². The summed E-state index contributed by atoms with van der Waals surface area (Å²) >= 11 is 3.16. The van der Waals surface area contributed by atoms with Gasteiger partial charge in [0.05, 0.1) is 6.61 Å². The summed E-state index contributed by atoms with van der Waals surface area (Å²) in [6.07, 6.45) is 8.70. The number of halogens is 2. The van der Waals surface area contributed by atoms with E-state index in [9.17, 15) is 4.39 Å². The second-order valence-corrected chi connectivity index (χ2v) is 4.97. The van der Waals surface area contributed by atoms with Crippen LogP contribution in [-0.2, 0) is 0 Å². The zero-order chi connectivity index (χ0) is 12.5. The van der Waals surface area contributed by atoms with Crippen molar-refractivity contribution in [1.82, 2.24) is 4.98 Å². The average Bonchev–Trinajstić information content (AvgIpc) is 2.30. The van der Waals surface area contributed by atoms with Gasteiger partial charge in [-0.3, -0.25) is 0 Å². The maximum Gasteiger partial charge on any atom is 0.250 e. The van der Waals surface area contributed by atoms with Gasteiger partial charge in [-0.2, -0.15) is 0 Å². The van der Waals surface area contributed by atoms with Crippen molar-refractivity contribution < 1.29 is 9.13 Å². The zero-order valence-corrected chi connectivity index (χ0v) is 11.8. The van der Waals surface area contributed by atoms with E-state index in [-0.39, 0.29) is 5.88 Å². The largest absolute Gasteiger partial charge is 0.476 e. The van der Waals surface area contributed by atoms with Gasteiger partial charge in [0.15, 0.2) is 5.82 Å². The Morgan fingerprint density at radius 3 is 2.65 bits per heavy atom. The first kappa shape index (κ1) is 14.4. The van der Waals surface area contributed by atoms with Gasteiger partial charge in [-0.15, -0.1) is 0 Å². The summed E-state index contributed by atoms with van der Waals surface area (Å²) in [5.41, 5.74) is 0. The zero-order valence-electron chi connectivity index (χ0n) is 10.2. The van der Waals surface area contributed by atoms with E-state index < -0.39 is 5.82 Å². The molecule has 0 bridgehead atoms. The van der Waals surface area contributed by atoms with Crippen molar-refractivity contribution in [3.05, 3.63) is 22.6 Å². The molecule has 96 valence electrons. The van der Waals surface area contributed by atoms with E-state index in [2.05, 4.69) is 27.8 Å². The number of pyridine rings is 1. The standard InChI is InChI=1S/C13H19BrFNO/c1-2-3-4-5-6-7-8-17-13-12(15)9-11(14)10-16-13/h9-10H,2-8H2,1H3. The van der Waals surface area contributed by atoms with E-state index in [1.807, 2.05) is 0 Å². The van der Waals surface area contributed by atoms with Crippen LogP contribution in [0.4, 0.5) is 4.39 Å². The second-order valence-electron chi connectivity index (χ2n) is 4.06. The summed E-state index contributed by atoms with van der Waals surface area (Å²) in [7, 11) is 0. The van der Waals surface area contributed by atoms with Crippen LogP contribution in [0.1, 0.15) is 45.4 Å². The fraction of sp³-hybridized carbons (Fsp3) is 0.615. The molecule has 17 heavy (non-hydrogen) atoms. The third kappa shape index (κ3) is 6.01. The van der Waals surface area contributed by atoms with Crippen molar-refractivity contribution in [3.63, 3.8) is 0 Å². The van der Waals surface area contributed by atoms with Crippen LogP contribution >= 0.6 is 15.9 Å². The summed E-state index contributed by atoms with van der Waals surface area (Å²) in [6.45, 7) is 2.74. The normalized spacial score (nSPS) is 10.5. The van der Waals surface area contributed by atoms with Crippen molar-refractivity contribution in [3.8, 4) is 5.88 Å². The molecule has 0 amide bonds. The van der Waals surface area contributed by atoms with Gasteiger partial charge in [0.2, 0.25) is 5.88 Å². The first-order valence-electron chi connectivity index (χ1n) is 6.18. The molecule has 1 aromatic rings. The molecule has 4 heteroatoms. The van der Waals surface area contributed by atoms with E-state index in [1.54, 1.807) is 6.20 Å². The molecule has 0 aliphatic rings. The smallest absolute Gasteiger partial charge is 0.250 e. The van der Waals surface area contributed by atoms with Crippen molar-refractivity contribution in [1.29, 1.82) is 0 Å². The molecule has 2 nitrogen and oxygen atoms in total. The Balaban J connectivity index is 2.14. The highest BCUT2D eigenvalue weighted by Gasteiger charge is 2.04. The van der Waals surface area contributed by atoms with E-state index >= 15 is 0 Å². The topological polar surface area (TPSA) is 22.1 Å². The molecular formula is C13H19BrFNO. The lowest BCUT2D eigenvalue weighted by Crippen LogP contribution is -2.01. The molecule has 1 heterocycles. The molecule has 0 aliphatic heterocycles. The maximum absolute atomic E-state index is 13.3. The lowest BCUT2D eigenvalue weighted by molar-refractivity contribution is 0.278. The molecule has 0 unspecified atom stereocenters. The number of ether oxygens (including phenoxy) is 1. The van der Waals surface area contributed by atoms with Gasteiger partial charge in [-0.1, -0.05) is 39.0 Å². The van der Waals surface area contributed by atoms with Gasteiger partial charge < -0.3 is 4.74 Å². The van der Waals surface area contributed by atoms with Crippen molar-refractivity contribution in [2.75, 3.05) is 6.61 Å². The Bertz CT molecular complexity index is 333. The predicted molar refractivity (Wildman–Crippen MR) is 70.8 cm³/mol.